The minimum absolute atomic E-state index is 0.0410. The summed E-state index contributed by atoms with van der Waals surface area (Å²) in [5.74, 6) is 0.616. The lowest BCUT2D eigenvalue weighted by molar-refractivity contribution is 0.103. The smallest absolute Gasteiger partial charge is 0.265 e. The molecule has 20 heavy (non-hydrogen) atoms. The number of carbonyl (C=O) groups is 1. The molecule has 0 fully saturated rings. The van der Waals surface area contributed by atoms with Crippen molar-refractivity contribution in [3.8, 4) is 0 Å². The first-order valence-corrected chi connectivity index (χ1v) is 7.98. The number of benzene rings is 1. The fourth-order valence-corrected chi connectivity index (χ4v) is 3.02. The first-order valence-electron chi connectivity index (χ1n) is 6.63. The standard InChI is InChI=1S/C16H18ClNOS/c1-11-9-15(20-12(11)2)16(19)18-14-7-3-5-13(10-14)6-4-8-17/h3,5,7,9-10H,4,6,8H2,1-2H3,(H,18,19). The van der Waals surface area contributed by atoms with E-state index in [2.05, 4.69) is 11.4 Å². The maximum Gasteiger partial charge on any atom is 0.265 e. The second-order valence-corrected chi connectivity index (χ2v) is 6.43. The van der Waals surface area contributed by atoms with Gasteiger partial charge in [-0.1, -0.05) is 12.1 Å². The Morgan fingerprint density at radius 2 is 2.10 bits per heavy atom. The van der Waals surface area contributed by atoms with E-state index in [-0.39, 0.29) is 5.91 Å². The Kier molecular flexibility index (Phi) is 5.21. The first kappa shape index (κ1) is 15.1. The van der Waals surface area contributed by atoms with Crippen LogP contribution in [0, 0.1) is 13.8 Å². The Labute approximate surface area is 128 Å². The minimum atomic E-state index is -0.0410. The summed E-state index contributed by atoms with van der Waals surface area (Å²) in [6.45, 7) is 4.05. The molecule has 0 saturated carbocycles. The highest BCUT2D eigenvalue weighted by molar-refractivity contribution is 7.14. The molecule has 2 nitrogen and oxygen atoms in total. The number of aryl methyl sites for hydroxylation is 3. The quantitative estimate of drug-likeness (QED) is 0.791. The van der Waals surface area contributed by atoms with Crippen molar-refractivity contribution < 1.29 is 4.79 Å². The van der Waals surface area contributed by atoms with Crippen LogP contribution in [-0.2, 0) is 6.42 Å². The molecule has 0 aliphatic carbocycles. The Morgan fingerprint density at radius 1 is 1.30 bits per heavy atom. The van der Waals surface area contributed by atoms with Crippen molar-refractivity contribution in [2.24, 2.45) is 0 Å². The van der Waals surface area contributed by atoms with Gasteiger partial charge in [-0.25, -0.2) is 0 Å². The van der Waals surface area contributed by atoms with Crippen LogP contribution in [0.25, 0.3) is 0 Å². The zero-order valence-corrected chi connectivity index (χ0v) is 13.3. The van der Waals surface area contributed by atoms with Gasteiger partial charge < -0.3 is 5.32 Å². The predicted octanol–water partition coefficient (Wildman–Crippen LogP) is 4.79. The molecule has 1 amide bonds. The summed E-state index contributed by atoms with van der Waals surface area (Å²) in [5.41, 5.74) is 3.20. The van der Waals surface area contributed by atoms with Crippen LogP contribution in [0.2, 0.25) is 0 Å². The van der Waals surface area contributed by atoms with E-state index in [1.165, 1.54) is 21.8 Å². The van der Waals surface area contributed by atoms with Gasteiger partial charge in [-0.3, -0.25) is 4.79 Å². The average molecular weight is 308 g/mol. The van der Waals surface area contributed by atoms with Gasteiger partial charge in [-0.15, -0.1) is 22.9 Å². The van der Waals surface area contributed by atoms with Gasteiger partial charge in [0.25, 0.3) is 5.91 Å². The molecule has 0 aliphatic rings. The second kappa shape index (κ2) is 6.91. The van der Waals surface area contributed by atoms with E-state index in [9.17, 15) is 4.79 Å². The number of thiophene rings is 1. The lowest BCUT2D eigenvalue weighted by Gasteiger charge is -2.06. The molecule has 0 unspecified atom stereocenters. The van der Waals surface area contributed by atoms with Gasteiger partial charge in [-0.05, 0) is 56.0 Å². The van der Waals surface area contributed by atoms with Crippen molar-refractivity contribution in [1.29, 1.82) is 0 Å². The summed E-state index contributed by atoms with van der Waals surface area (Å²) in [4.78, 5) is 14.1. The van der Waals surface area contributed by atoms with Crippen LogP contribution in [0.1, 0.15) is 32.1 Å². The van der Waals surface area contributed by atoms with Crippen LogP contribution in [-0.4, -0.2) is 11.8 Å². The Bertz CT molecular complexity index is 587. The van der Waals surface area contributed by atoms with Crippen LogP contribution in [0.4, 0.5) is 5.69 Å². The van der Waals surface area contributed by atoms with Crippen molar-refractivity contribution in [1.82, 2.24) is 0 Å². The summed E-state index contributed by atoms with van der Waals surface area (Å²) >= 11 is 7.23. The minimum Gasteiger partial charge on any atom is -0.321 e. The van der Waals surface area contributed by atoms with Gasteiger partial charge in [0.1, 0.15) is 0 Å². The molecular weight excluding hydrogens is 290 g/mol. The summed E-state index contributed by atoms with van der Waals surface area (Å²) in [6.07, 6.45) is 1.88. The number of anilines is 1. The normalized spacial score (nSPS) is 10.6. The second-order valence-electron chi connectivity index (χ2n) is 4.80. The Hall–Kier alpha value is -1.32. The Balaban J connectivity index is 2.07. The number of amides is 1. The van der Waals surface area contributed by atoms with Crippen LogP contribution in [0.3, 0.4) is 0 Å². The topological polar surface area (TPSA) is 29.1 Å². The number of rotatable bonds is 5. The SMILES string of the molecule is Cc1cc(C(=O)Nc2cccc(CCCCl)c2)sc1C. The van der Waals surface area contributed by atoms with Gasteiger partial charge in [0.15, 0.2) is 0 Å². The number of hydrogen-bond donors (Lipinski definition) is 1. The number of halogens is 1. The number of hydrogen-bond acceptors (Lipinski definition) is 2. The highest BCUT2D eigenvalue weighted by Gasteiger charge is 2.10. The van der Waals surface area contributed by atoms with Crippen LogP contribution in [0.15, 0.2) is 30.3 Å². The molecule has 0 radical (unpaired) electrons. The zero-order chi connectivity index (χ0) is 14.5. The van der Waals surface area contributed by atoms with Crippen LogP contribution >= 0.6 is 22.9 Å². The van der Waals surface area contributed by atoms with Crippen LogP contribution < -0.4 is 5.32 Å². The van der Waals surface area contributed by atoms with Crippen molar-refractivity contribution in [2.75, 3.05) is 11.2 Å². The molecule has 106 valence electrons. The highest BCUT2D eigenvalue weighted by Crippen LogP contribution is 2.22. The lowest BCUT2D eigenvalue weighted by Crippen LogP contribution is -2.10. The third-order valence-corrected chi connectivity index (χ3v) is 4.59. The summed E-state index contributed by atoms with van der Waals surface area (Å²) in [5, 5.41) is 2.95. The molecule has 1 aromatic heterocycles. The molecule has 4 heteroatoms. The van der Waals surface area contributed by atoms with E-state index >= 15 is 0 Å². The molecule has 0 bridgehead atoms. The number of nitrogens with one attached hydrogen (secondary N) is 1. The fraction of sp³-hybridized carbons (Fsp3) is 0.312. The average Bonchev–Trinajstić information content (AvgIpc) is 2.77. The first-order chi connectivity index (χ1) is 9.60. The van der Waals surface area contributed by atoms with Crippen molar-refractivity contribution in [3.05, 3.63) is 51.2 Å². The van der Waals surface area contributed by atoms with E-state index in [1.54, 1.807) is 0 Å². The monoisotopic (exact) mass is 307 g/mol. The van der Waals surface area contributed by atoms with Gasteiger partial charge in [-0.2, -0.15) is 0 Å². The summed E-state index contributed by atoms with van der Waals surface area (Å²) < 4.78 is 0. The van der Waals surface area contributed by atoms with Gasteiger partial charge in [0.2, 0.25) is 0 Å². The molecule has 2 rings (SSSR count). The fourth-order valence-electron chi connectivity index (χ4n) is 1.95. The summed E-state index contributed by atoms with van der Waals surface area (Å²) in [7, 11) is 0. The van der Waals surface area contributed by atoms with E-state index in [4.69, 9.17) is 11.6 Å². The van der Waals surface area contributed by atoms with Crippen molar-refractivity contribution in [2.45, 2.75) is 26.7 Å². The van der Waals surface area contributed by atoms with Crippen molar-refractivity contribution in [3.63, 3.8) is 0 Å². The molecule has 0 saturated heterocycles. The molecule has 0 atom stereocenters. The third-order valence-electron chi connectivity index (χ3n) is 3.17. The third kappa shape index (κ3) is 3.84. The lowest BCUT2D eigenvalue weighted by atomic mass is 10.1. The molecule has 1 aromatic carbocycles. The maximum absolute atomic E-state index is 12.2. The molecule has 0 aliphatic heterocycles. The van der Waals surface area contributed by atoms with Gasteiger partial charge >= 0.3 is 0 Å². The predicted molar refractivity (Wildman–Crippen MR) is 87.2 cm³/mol. The molecule has 2 aromatic rings. The Morgan fingerprint density at radius 3 is 2.75 bits per heavy atom. The maximum atomic E-state index is 12.2. The number of alkyl halides is 1. The largest absolute Gasteiger partial charge is 0.321 e. The zero-order valence-electron chi connectivity index (χ0n) is 11.7. The number of carbonyl (C=O) groups excluding carboxylic acids is 1. The van der Waals surface area contributed by atoms with E-state index in [1.807, 2.05) is 38.1 Å². The summed E-state index contributed by atoms with van der Waals surface area (Å²) in [6, 6.07) is 9.88. The highest BCUT2D eigenvalue weighted by atomic mass is 35.5. The van der Waals surface area contributed by atoms with Crippen molar-refractivity contribution >= 4 is 34.5 Å². The molecular formula is C16H18ClNOS. The van der Waals surface area contributed by atoms with E-state index < -0.39 is 0 Å². The molecule has 1 heterocycles. The van der Waals surface area contributed by atoms with Gasteiger partial charge in [0.05, 0.1) is 4.88 Å². The van der Waals surface area contributed by atoms with Crippen LogP contribution in [0.5, 0.6) is 0 Å². The van der Waals surface area contributed by atoms with E-state index in [0.717, 1.165) is 29.0 Å². The molecule has 1 N–H and O–H groups in total. The van der Waals surface area contributed by atoms with Gasteiger partial charge in [0, 0.05) is 16.4 Å². The van der Waals surface area contributed by atoms with E-state index in [0.29, 0.717) is 5.88 Å². The molecule has 0 spiro atoms.